The molecule has 0 fully saturated rings. The first-order chi connectivity index (χ1) is 6.00. The van der Waals surface area contributed by atoms with Crippen LogP contribution in [0.4, 0.5) is 0 Å². The maximum absolute atomic E-state index is 6.50. The molecule has 0 aromatic heterocycles. The van der Waals surface area contributed by atoms with Crippen molar-refractivity contribution in [1.29, 1.82) is 31.6 Å². The van der Waals surface area contributed by atoms with Crippen molar-refractivity contribution >= 4 is 29.6 Å². The minimum atomic E-state index is 0. The maximum atomic E-state index is 6.50. The second-order valence-corrected chi connectivity index (χ2v) is 0. The summed E-state index contributed by atoms with van der Waals surface area (Å²) in [6.07, 6.45) is 0. The average Bonchev–Trinajstić information content (AvgIpc) is 2.33. The second-order valence-electron chi connectivity index (χ2n) is 0. The van der Waals surface area contributed by atoms with Crippen molar-refractivity contribution in [3.05, 3.63) is 0 Å². The Hall–Kier alpha value is -0.528. The summed E-state index contributed by atoms with van der Waals surface area (Å²) in [7, 11) is 0. The van der Waals surface area contributed by atoms with Gasteiger partial charge < -0.3 is 0 Å². The summed E-state index contributed by atoms with van der Waals surface area (Å²) in [5, 5.41) is 39.0. The Kier molecular flexibility index (Phi) is 63800. The van der Waals surface area contributed by atoms with Crippen LogP contribution in [-0.4, -0.2) is 29.6 Å². The van der Waals surface area contributed by atoms with Crippen LogP contribution in [-0.2, 0) is 50.6 Å². The third-order valence-electron chi connectivity index (χ3n) is 0. The summed E-state index contributed by atoms with van der Waals surface area (Å²) in [6, 6.07) is 0. The van der Waals surface area contributed by atoms with Gasteiger partial charge in [0.1, 0.15) is 0 Å². The van der Waals surface area contributed by atoms with E-state index in [1.165, 1.54) is 0 Å². The molecular weight excluding hydrogens is 349 g/mol. The zero-order valence-corrected chi connectivity index (χ0v) is 10.5. The molecule has 0 bridgehead atoms. The van der Waals surface area contributed by atoms with Gasteiger partial charge in [0.15, 0.2) is 0 Å². The summed E-state index contributed by atoms with van der Waals surface area (Å²) >= 11 is 0. The molecule has 0 aliphatic carbocycles. The van der Waals surface area contributed by atoms with Crippen molar-refractivity contribution in [2.45, 2.75) is 0 Å². The first-order valence-electron chi connectivity index (χ1n) is 1.55. The monoisotopic (exact) mass is 355 g/mol. The molecule has 0 N–H and O–H groups in total. The van der Waals surface area contributed by atoms with Gasteiger partial charge >= 0.3 is 29.6 Å². The zero-order chi connectivity index (χ0) is 12.0. The van der Waals surface area contributed by atoms with E-state index >= 15 is 0 Å². The minimum Gasteiger partial charge on any atom is 0 e. The molecule has 0 heterocycles. The third kappa shape index (κ3) is 7530. The van der Waals surface area contributed by atoms with Gasteiger partial charge in [0.05, 0.1) is 0 Å². The Labute approximate surface area is 150 Å². The molecule has 0 saturated heterocycles. The van der Waals surface area contributed by atoms with Crippen LogP contribution in [0.1, 0.15) is 0 Å². The topological polar surface area (TPSA) is 143 Å². The van der Waals surface area contributed by atoms with Gasteiger partial charge in [-0.1, -0.05) is 0 Å². The van der Waals surface area contributed by atoms with E-state index in [4.69, 9.17) is 31.6 Å². The quantitative estimate of drug-likeness (QED) is 0.567. The Balaban J connectivity index is -0.00000000321. The van der Waals surface area contributed by atoms with Crippen LogP contribution < -0.4 is 0 Å². The molecule has 16 heavy (non-hydrogen) atoms. The van der Waals surface area contributed by atoms with E-state index in [1.807, 2.05) is 0 Å². The Morgan fingerprint density at radius 3 is 0.438 bits per heavy atom. The number of rotatable bonds is 0. The third-order valence-corrected chi connectivity index (χ3v) is 0. The van der Waals surface area contributed by atoms with E-state index in [2.05, 4.69) is 39.4 Å². The average molecular weight is 356 g/mol. The van der Waals surface area contributed by atoms with Crippen LogP contribution >= 0.6 is 0 Å². The fourth-order valence-electron chi connectivity index (χ4n) is 0. The Bertz CT molecular complexity index is 108. The van der Waals surface area contributed by atoms with Crippen molar-refractivity contribution in [2.24, 2.45) is 0 Å². The van der Waals surface area contributed by atoms with E-state index < -0.39 is 0 Å². The molecule has 0 saturated carbocycles. The van der Waals surface area contributed by atoms with Crippen molar-refractivity contribution in [3.63, 3.8) is 0 Å². The first-order valence-corrected chi connectivity index (χ1v) is 1.55. The van der Waals surface area contributed by atoms with Gasteiger partial charge in [-0.05, 0) is 0 Å². The normalized spacial score (nSPS) is 0.750. The molecule has 6 nitrogen and oxygen atoms in total. The Morgan fingerprint density at radius 2 is 0.438 bits per heavy atom. The van der Waals surface area contributed by atoms with Gasteiger partial charge in [-0.2, -0.15) is 0 Å². The van der Waals surface area contributed by atoms with Gasteiger partial charge in [-0.25, -0.2) is 31.6 Å². The van der Waals surface area contributed by atoms with Crippen molar-refractivity contribution in [1.82, 2.24) is 0 Å². The Morgan fingerprint density at radius 1 is 0.438 bits per heavy atom. The van der Waals surface area contributed by atoms with Gasteiger partial charge in [-0.15, -0.1) is 0 Å². The largest absolute Gasteiger partial charge is 0 e. The maximum Gasteiger partial charge on any atom is 0 e. The smallest absolute Gasteiger partial charge is 0 e. The van der Waals surface area contributed by atoms with Crippen LogP contribution in [0.15, 0.2) is 0 Å². The zero-order valence-electron chi connectivity index (χ0n) is 7.20. The van der Waals surface area contributed by atoms with Crippen LogP contribution in [0.3, 0.4) is 0 Å². The molecule has 0 amide bonds. The number of hydrogen-bond donors (Lipinski definition) is 0. The van der Waals surface area contributed by atoms with Crippen LogP contribution in [0.2, 0.25) is 0 Å². The molecule has 0 rings (SSSR count). The van der Waals surface area contributed by atoms with E-state index in [0.717, 1.165) is 0 Å². The second kappa shape index (κ2) is 9440. The number of nitriles is 6. The summed E-state index contributed by atoms with van der Waals surface area (Å²) in [4.78, 5) is 0. The summed E-state index contributed by atoms with van der Waals surface area (Å²) in [6.45, 7) is 21.0. The molecule has 1 radical (unpaired) electrons. The summed E-state index contributed by atoms with van der Waals surface area (Å²) in [5.41, 5.74) is 0. The fraction of sp³-hybridized carbons (Fsp3) is 0. The van der Waals surface area contributed by atoms with E-state index in [-0.39, 0.29) is 80.2 Å². The molecule has 0 spiro atoms. The summed E-state index contributed by atoms with van der Waals surface area (Å²) in [5.74, 6) is 0. The fourth-order valence-corrected chi connectivity index (χ4v) is 0. The first kappa shape index (κ1) is 108. The predicted molar refractivity (Wildman–Crippen MR) is 47.2 cm³/mol. The number of hydrogen-bond acceptors (Lipinski definition) is 6. The van der Waals surface area contributed by atoms with Crippen molar-refractivity contribution in [3.8, 4) is 39.4 Å². The molecule has 87 valence electrons. The van der Waals surface area contributed by atoms with Gasteiger partial charge in [0.25, 0.3) is 0 Å². The molecular formula is C6H7FeMnN6NaNi. The molecule has 0 atom stereocenters. The van der Waals surface area contributed by atoms with Crippen LogP contribution in [0.5, 0.6) is 0 Å². The SMILES string of the molecule is C#N.C#N.C#N.C#N.C#N.C#N.[Fe].[Mn].[NaH].[Ni]. The van der Waals surface area contributed by atoms with Crippen LogP contribution in [0.25, 0.3) is 0 Å². The summed E-state index contributed by atoms with van der Waals surface area (Å²) < 4.78 is 0. The molecule has 0 aromatic carbocycles. The molecule has 0 aliphatic rings. The van der Waals surface area contributed by atoms with E-state index in [9.17, 15) is 0 Å². The van der Waals surface area contributed by atoms with E-state index in [1.54, 1.807) is 0 Å². The van der Waals surface area contributed by atoms with Crippen molar-refractivity contribution < 1.29 is 50.6 Å². The molecule has 0 aromatic rings. The molecule has 0 unspecified atom stereocenters. The van der Waals surface area contributed by atoms with E-state index in [0.29, 0.717) is 0 Å². The van der Waals surface area contributed by atoms with Gasteiger partial charge in [0.2, 0.25) is 0 Å². The van der Waals surface area contributed by atoms with Gasteiger partial charge in [0, 0.05) is 90.1 Å². The standard InChI is InChI=1S/6CHN.Fe.Mn.Na.Ni.H/c6*1-2;;;;;/h6*1H;;;;;. The van der Waals surface area contributed by atoms with Crippen LogP contribution in [0, 0.1) is 71.0 Å². The molecule has 10 heteroatoms. The number of nitrogens with zero attached hydrogens (tertiary/aromatic N) is 6. The van der Waals surface area contributed by atoms with Crippen molar-refractivity contribution in [2.75, 3.05) is 0 Å². The molecule has 0 aliphatic heterocycles. The minimum absolute atomic E-state index is 0. The predicted octanol–water partition coefficient (Wildman–Crippen LogP) is 0.183. The van der Waals surface area contributed by atoms with Gasteiger partial charge in [-0.3, -0.25) is 0 Å².